The van der Waals surface area contributed by atoms with Gasteiger partial charge in [-0.3, -0.25) is 9.59 Å². The largest absolute Gasteiger partial charge is 0.489 e. The molecule has 0 saturated heterocycles. The molecule has 2 N–H and O–H groups in total. The van der Waals surface area contributed by atoms with Crippen LogP contribution in [0.2, 0.25) is 0 Å². The van der Waals surface area contributed by atoms with Crippen LogP contribution < -0.4 is 15.5 Å². The van der Waals surface area contributed by atoms with Gasteiger partial charge in [0.2, 0.25) is 0 Å². The number of hydrogen-bond donors (Lipinski definition) is 2. The van der Waals surface area contributed by atoms with Gasteiger partial charge in [-0.25, -0.2) is 5.43 Å². The highest BCUT2D eigenvalue weighted by molar-refractivity contribution is 6.39. The number of carbonyl (C=O) groups is 2. The molecular weight excluding hydrogens is 392 g/mol. The molecule has 0 aliphatic rings. The number of nitrogens with zero attached hydrogens (tertiary/aromatic N) is 2. The molecule has 0 spiro atoms. The Morgan fingerprint density at radius 1 is 1.03 bits per heavy atom. The van der Waals surface area contributed by atoms with Gasteiger partial charge in [0, 0.05) is 5.69 Å². The summed E-state index contributed by atoms with van der Waals surface area (Å²) in [5.41, 5.74) is 5.99. The second-order valence-electron chi connectivity index (χ2n) is 6.69. The first kappa shape index (κ1) is 21.3. The van der Waals surface area contributed by atoms with Gasteiger partial charge < -0.3 is 10.1 Å². The maximum Gasteiger partial charge on any atom is 0.329 e. The quantitative estimate of drug-likeness (QED) is 0.367. The third-order valence-electron chi connectivity index (χ3n) is 4.24. The molecule has 0 aliphatic carbocycles. The highest BCUT2D eigenvalue weighted by Crippen LogP contribution is 2.14. The first-order valence-electron chi connectivity index (χ1n) is 9.46. The Hall–Kier alpha value is -4.44. The van der Waals surface area contributed by atoms with Crippen molar-refractivity contribution in [2.24, 2.45) is 5.10 Å². The molecular formula is C24H20N4O3. The van der Waals surface area contributed by atoms with Crippen LogP contribution in [0.5, 0.6) is 5.75 Å². The lowest BCUT2D eigenvalue weighted by molar-refractivity contribution is -0.136. The maximum atomic E-state index is 11.9. The average molecular weight is 412 g/mol. The zero-order chi connectivity index (χ0) is 22.1. The van der Waals surface area contributed by atoms with Gasteiger partial charge in [0.15, 0.2) is 0 Å². The van der Waals surface area contributed by atoms with Crippen molar-refractivity contribution in [2.75, 3.05) is 5.32 Å². The molecule has 0 radical (unpaired) electrons. The number of hydrazone groups is 1. The summed E-state index contributed by atoms with van der Waals surface area (Å²) >= 11 is 0. The van der Waals surface area contributed by atoms with Gasteiger partial charge in [-0.2, -0.15) is 10.4 Å². The molecule has 0 heterocycles. The third kappa shape index (κ3) is 6.54. The first-order valence-corrected chi connectivity index (χ1v) is 9.46. The number of nitriles is 1. The Morgan fingerprint density at radius 2 is 1.77 bits per heavy atom. The minimum atomic E-state index is -0.910. The summed E-state index contributed by atoms with van der Waals surface area (Å²) in [6, 6.07) is 23.4. The zero-order valence-corrected chi connectivity index (χ0v) is 16.8. The third-order valence-corrected chi connectivity index (χ3v) is 4.24. The summed E-state index contributed by atoms with van der Waals surface area (Å²) in [6.45, 7) is 2.47. The lowest BCUT2D eigenvalue weighted by atomic mass is 10.2. The summed E-state index contributed by atoms with van der Waals surface area (Å²) in [6.07, 6.45) is 1.42. The molecule has 3 aromatic carbocycles. The molecule has 154 valence electrons. The molecule has 0 bridgehead atoms. The summed E-state index contributed by atoms with van der Waals surface area (Å²) in [7, 11) is 0. The fraction of sp³-hybridized carbons (Fsp3) is 0.0833. The van der Waals surface area contributed by atoms with Crippen LogP contribution in [0.1, 0.15) is 22.3 Å². The molecule has 0 saturated carbocycles. The van der Waals surface area contributed by atoms with Crippen molar-refractivity contribution in [1.29, 1.82) is 5.26 Å². The molecule has 7 nitrogen and oxygen atoms in total. The summed E-state index contributed by atoms with van der Waals surface area (Å²) in [5.74, 6) is -1.11. The minimum Gasteiger partial charge on any atom is -0.489 e. The molecule has 7 heteroatoms. The highest BCUT2D eigenvalue weighted by Gasteiger charge is 2.12. The fourth-order valence-corrected chi connectivity index (χ4v) is 2.57. The second kappa shape index (κ2) is 10.4. The number of ether oxygens (including phenoxy) is 1. The summed E-state index contributed by atoms with van der Waals surface area (Å²) < 4.78 is 5.79. The van der Waals surface area contributed by atoms with Gasteiger partial charge >= 0.3 is 11.8 Å². The van der Waals surface area contributed by atoms with E-state index >= 15 is 0 Å². The van der Waals surface area contributed by atoms with Crippen molar-refractivity contribution < 1.29 is 14.3 Å². The van der Waals surface area contributed by atoms with Crippen LogP contribution in [0.25, 0.3) is 0 Å². The highest BCUT2D eigenvalue weighted by atomic mass is 16.5. The van der Waals surface area contributed by atoms with Crippen LogP contribution in [-0.4, -0.2) is 18.0 Å². The van der Waals surface area contributed by atoms with Crippen molar-refractivity contribution in [3.63, 3.8) is 0 Å². The SMILES string of the molecule is Cc1ccc(COc2cccc(/C=N/NC(=O)C(=O)Nc3ccc(C#N)cc3)c2)cc1. The van der Waals surface area contributed by atoms with Crippen molar-refractivity contribution in [3.8, 4) is 11.8 Å². The Kier molecular flexibility index (Phi) is 7.12. The Morgan fingerprint density at radius 3 is 2.48 bits per heavy atom. The molecule has 0 atom stereocenters. The Bertz CT molecular complexity index is 1130. The lowest BCUT2D eigenvalue weighted by Gasteiger charge is -2.07. The zero-order valence-electron chi connectivity index (χ0n) is 16.8. The normalized spacial score (nSPS) is 10.3. The molecule has 0 aliphatic heterocycles. The topological polar surface area (TPSA) is 104 Å². The molecule has 3 rings (SSSR count). The van der Waals surface area contributed by atoms with Crippen LogP contribution >= 0.6 is 0 Å². The van der Waals surface area contributed by atoms with Gasteiger partial charge in [0.05, 0.1) is 17.8 Å². The number of carbonyl (C=O) groups excluding carboxylic acids is 2. The van der Waals surface area contributed by atoms with Crippen LogP contribution in [0.15, 0.2) is 77.9 Å². The van der Waals surface area contributed by atoms with Crippen LogP contribution in [0.3, 0.4) is 0 Å². The molecule has 0 aromatic heterocycles. The number of aryl methyl sites for hydroxylation is 1. The number of benzene rings is 3. The van der Waals surface area contributed by atoms with Crippen LogP contribution in [0.4, 0.5) is 5.69 Å². The number of anilines is 1. The van der Waals surface area contributed by atoms with E-state index in [1.807, 2.05) is 49.4 Å². The van der Waals surface area contributed by atoms with Gasteiger partial charge in [0.1, 0.15) is 12.4 Å². The Labute approximate surface area is 180 Å². The Balaban J connectivity index is 1.50. The van der Waals surface area contributed by atoms with E-state index in [-0.39, 0.29) is 0 Å². The molecule has 0 unspecified atom stereocenters. The first-order chi connectivity index (χ1) is 15.0. The van der Waals surface area contributed by atoms with E-state index in [1.54, 1.807) is 24.3 Å². The lowest BCUT2D eigenvalue weighted by Crippen LogP contribution is -2.32. The maximum absolute atomic E-state index is 11.9. The van der Waals surface area contributed by atoms with Gasteiger partial charge in [-0.05, 0) is 54.4 Å². The van der Waals surface area contributed by atoms with E-state index in [0.29, 0.717) is 29.2 Å². The van der Waals surface area contributed by atoms with Gasteiger partial charge in [-0.15, -0.1) is 0 Å². The smallest absolute Gasteiger partial charge is 0.329 e. The monoisotopic (exact) mass is 412 g/mol. The van der Waals surface area contributed by atoms with Crippen molar-refractivity contribution >= 4 is 23.7 Å². The van der Waals surface area contributed by atoms with E-state index in [0.717, 1.165) is 5.56 Å². The van der Waals surface area contributed by atoms with Crippen LogP contribution in [0, 0.1) is 18.3 Å². The van der Waals surface area contributed by atoms with E-state index in [2.05, 4.69) is 15.8 Å². The number of amides is 2. The van der Waals surface area contributed by atoms with Crippen molar-refractivity contribution in [3.05, 3.63) is 95.1 Å². The predicted molar refractivity (Wildman–Crippen MR) is 117 cm³/mol. The van der Waals surface area contributed by atoms with Gasteiger partial charge in [0.25, 0.3) is 0 Å². The van der Waals surface area contributed by atoms with Gasteiger partial charge in [-0.1, -0.05) is 42.0 Å². The summed E-state index contributed by atoms with van der Waals surface area (Å²) in [4.78, 5) is 23.8. The number of hydrogen-bond acceptors (Lipinski definition) is 5. The number of rotatable bonds is 6. The minimum absolute atomic E-state index is 0.404. The fourth-order valence-electron chi connectivity index (χ4n) is 2.57. The standard InChI is InChI=1S/C24H20N4O3/c1-17-5-7-19(8-6-17)16-31-22-4-2-3-20(13-22)15-26-28-24(30)23(29)27-21-11-9-18(14-25)10-12-21/h2-13,15H,16H2,1H3,(H,27,29)(H,28,30)/b26-15+. The van der Waals surface area contributed by atoms with E-state index < -0.39 is 11.8 Å². The average Bonchev–Trinajstić information content (AvgIpc) is 2.79. The van der Waals surface area contributed by atoms with Crippen LogP contribution in [-0.2, 0) is 16.2 Å². The van der Waals surface area contributed by atoms with Crippen molar-refractivity contribution in [2.45, 2.75) is 13.5 Å². The molecule has 0 fully saturated rings. The number of nitrogens with one attached hydrogen (secondary N) is 2. The van der Waals surface area contributed by atoms with E-state index in [1.165, 1.54) is 23.9 Å². The predicted octanol–water partition coefficient (Wildman–Crippen LogP) is 3.53. The second-order valence-corrected chi connectivity index (χ2v) is 6.69. The van der Waals surface area contributed by atoms with E-state index in [4.69, 9.17) is 10.00 Å². The van der Waals surface area contributed by atoms with E-state index in [9.17, 15) is 9.59 Å². The molecule has 2 amide bonds. The molecule has 3 aromatic rings. The summed E-state index contributed by atoms with van der Waals surface area (Å²) in [5, 5.41) is 15.0. The van der Waals surface area contributed by atoms with Crippen molar-refractivity contribution in [1.82, 2.24) is 5.43 Å². The molecule has 31 heavy (non-hydrogen) atoms.